The van der Waals surface area contributed by atoms with E-state index in [1.807, 2.05) is 11.8 Å². The van der Waals surface area contributed by atoms with Crippen LogP contribution in [-0.4, -0.2) is 31.3 Å². The summed E-state index contributed by atoms with van der Waals surface area (Å²) >= 11 is 5.43. The second kappa shape index (κ2) is 6.53. The molecule has 0 saturated heterocycles. The number of benzene rings is 1. The van der Waals surface area contributed by atoms with Gasteiger partial charge in [-0.15, -0.1) is 11.8 Å². The normalized spacial score (nSPS) is 11.0. The fourth-order valence-corrected chi connectivity index (χ4v) is 2.93. The van der Waals surface area contributed by atoms with Crippen molar-refractivity contribution in [3.63, 3.8) is 0 Å². The molecule has 0 aromatic heterocycles. The molecule has 0 aliphatic rings. The Morgan fingerprint density at radius 2 is 2.13 bits per heavy atom. The van der Waals surface area contributed by atoms with Crippen molar-refractivity contribution in [2.45, 2.75) is 11.4 Å². The fraction of sp³-hybridized carbons (Fsp3) is 0.455. The molecule has 2 N–H and O–H groups in total. The van der Waals surface area contributed by atoms with Gasteiger partial charge in [-0.1, -0.05) is 6.07 Å². The van der Waals surface area contributed by atoms with Crippen molar-refractivity contribution in [2.24, 2.45) is 5.73 Å². The molecule has 0 heterocycles. The molecule has 0 aliphatic heterocycles. The van der Waals surface area contributed by atoms with Crippen molar-refractivity contribution in [3.05, 3.63) is 28.2 Å². The topological polar surface area (TPSA) is 29.3 Å². The summed E-state index contributed by atoms with van der Waals surface area (Å²) in [6.45, 7) is 1.69. The Bertz CT molecular complexity index is 315. The molecule has 0 radical (unpaired) electrons. The molecule has 0 fully saturated rings. The molecule has 1 rings (SSSR count). The maximum atomic E-state index is 5.57. The fourth-order valence-electron chi connectivity index (χ4n) is 1.13. The van der Waals surface area contributed by atoms with E-state index in [0.717, 1.165) is 16.8 Å². The summed E-state index contributed by atoms with van der Waals surface area (Å²) in [5, 5.41) is 0. The van der Waals surface area contributed by atoms with Crippen molar-refractivity contribution in [1.82, 2.24) is 4.90 Å². The molecule has 84 valence electrons. The van der Waals surface area contributed by atoms with Crippen LogP contribution in [0.2, 0.25) is 0 Å². The van der Waals surface area contributed by atoms with Crippen LogP contribution in [0.15, 0.2) is 27.6 Å². The van der Waals surface area contributed by atoms with E-state index in [9.17, 15) is 0 Å². The van der Waals surface area contributed by atoms with E-state index in [1.54, 1.807) is 0 Å². The minimum Gasteiger partial charge on any atom is -0.326 e. The van der Waals surface area contributed by atoms with Crippen LogP contribution in [0.4, 0.5) is 0 Å². The monoisotopic (exact) mass is 288 g/mol. The van der Waals surface area contributed by atoms with Crippen LogP contribution < -0.4 is 5.73 Å². The first-order valence-electron chi connectivity index (χ1n) is 4.89. The van der Waals surface area contributed by atoms with Gasteiger partial charge in [0, 0.05) is 28.2 Å². The number of thioether (sulfide) groups is 1. The average Bonchev–Trinajstić information content (AvgIpc) is 2.20. The van der Waals surface area contributed by atoms with E-state index in [1.165, 1.54) is 10.5 Å². The molecule has 0 unspecified atom stereocenters. The summed E-state index contributed by atoms with van der Waals surface area (Å²) in [7, 11) is 4.18. The molecule has 0 spiro atoms. The highest BCUT2D eigenvalue weighted by Crippen LogP contribution is 2.28. The van der Waals surface area contributed by atoms with Gasteiger partial charge in [0.25, 0.3) is 0 Å². The minimum absolute atomic E-state index is 0.598. The number of hydrogen-bond acceptors (Lipinski definition) is 3. The van der Waals surface area contributed by atoms with Gasteiger partial charge in [-0.05, 0) is 47.7 Å². The van der Waals surface area contributed by atoms with Crippen LogP contribution in [-0.2, 0) is 6.54 Å². The van der Waals surface area contributed by atoms with E-state index in [4.69, 9.17) is 5.73 Å². The number of nitrogens with two attached hydrogens (primary N) is 1. The SMILES string of the molecule is CN(C)CCSc1ccc(CN)cc1Br. The average molecular weight is 289 g/mol. The maximum absolute atomic E-state index is 5.57. The van der Waals surface area contributed by atoms with Gasteiger partial charge in [0.2, 0.25) is 0 Å². The number of rotatable bonds is 5. The Kier molecular flexibility index (Phi) is 5.68. The van der Waals surface area contributed by atoms with Crippen molar-refractivity contribution < 1.29 is 0 Å². The molecule has 0 saturated carbocycles. The second-order valence-electron chi connectivity index (χ2n) is 3.62. The Hall–Kier alpha value is -0.0300. The molecular formula is C11H17BrN2S. The molecule has 0 amide bonds. The molecule has 2 nitrogen and oxygen atoms in total. The summed E-state index contributed by atoms with van der Waals surface area (Å²) in [4.78, 5) is 3.48. The Morgan fingerprint density at radius 3 is 2.67 bits per heavy atom. The summed E-state index contributed by atoms with van der Waals surface area (Å²) in [6, 6.07) is 6.31. The van der Waals surface area contributed by atoms with Gasteiger partial charge in [0.1, 0.15) is 0 Å². The van der Waals surface area contributed by atoms with Gasteiger partial charge in [0.05, 0.1) is 0 Å². The van der Waals surface area contributed by atoms with Crippen LogP contribution >= 0.6 is 27.7 Å². The smallest absolute Gasteiger partial charge is 0.0314 e. The molecule has 15 heavy (non-hydrogen) atoms. The summed E-state index contributed by atoms with van der Waals surface area (Å²) in [6.07, 6.45) is 0. The molecule has 0 aliphatic carbocycles. The third-order valence-corrected chi connectivity index (χ3v) is 4.00. The van der Waals surface area contributed by atoms with Crippen molar-refractivity contribution in [1.29, 1.82) is 0 Å². The van der Waals surface area contributed by atoms with Gasteiger partial charge in [0.15, 0.2) is 0 Å². The third-order valence-electron chi connectivity index (χ3n) is 2.03. The highest BCUT2D eigenvalue weighted by Gasteiger charge is 2.01. The van der Waals surface area contributed by atoms with Crippen LogP contribution in [0.5, 0.6) is 0 Å². The Balaban J connectivity index is 2.54. The molecule has 4 heteroatoms. The minimum atomic E-state index is 0.598. The summed E-state index contributed by atoms with van der Waals surface area (Å²) in [5.41, 5.74) is 6.74. The summed E-state index contributed by atoms with van der Waals surface area (Å²) in [5.74, 6) is 1.10. The number of halogens is 1. The molecular weight excluding hydrogens is 272 g/mol. The lowest BCUT2D eigenvalue weighted by atomic mass is 10.2. The molecule has 0 bridgehead atoms. The molecule has 1 aromatic carbocycles. The van der Waals surface area contributed by atoms with E-state index >= 15 is 0 Å². The van der Waals surface area contributed by atoms with Crippen LogP contribution in [0, 0.1) is 0 Å². The lowest BCUT2D eigenvalue weighted by Crippen LogP contribution is -2.14. The maximum Gasteiger partial charge on any atom is 0.0314 e. The van der Waals surface area contributed by atoms with Crippen LogP contribution in [0.1, 0.15) is 5.56 Å². The highest BCUT2D eigenvalue weighted by molar-refractivity contribution is 9.10. The lowest BCUT2D eigenvalue weighted by Gasteiger charge is -2.10. The zero-order valence-electron chi connectivity index (χ0n) is 9.16. The van der Waals surface area contributed by atoms with E-state index in [-0.39, 0.29) is 0 Å². The predicted molar refractivity (Wildman–Crippen MR) is 71.3 cm³/mol. The van der Waals surface area contributed by atoms with Crippen molar-refractivity contribution >= 4 is 27.7 Å². The van der Waals surface area contributed by atoms with Gasteiger partial charge < -0.3 is 10.6 Å². The van der Waals surface area contributed by atoms with Crippen molar-refractivity contribution in [3.8, 4) is 0 Å². The van der Waals surface area contributed by atoms with Crippen LogP contribution in [0.25, 0.3) is 0 Å². The van der Waals surface area contributed by atoms with Gasteiger partial charge in [-0.2, -0.15) is 0 Å². The standard InChI is InChI=1S/C11H17BrN2S/c1-14(2)5-6-15-11-4-3-9(8-13)7-10(11)12/h3-4,7H,5-6,8,13H2,1-2H3. The van der Waals surface area contributed by atoms with Gasteiger partial charge in [-0.25, -0.2) is 0 Å². The Morgan fingerprint density at radius 1 is 1.40 bits per heavy atom. The summed E-state index contributed by atoms with van der Waals surface area (Å²) < 4.78 is 1.15. The van der Waals surface area contributed by atoms with E-state index in [2.05, 4.69) is 53.1 Å². The quantitative estimate of drug-likeness (QED) is 0.845. The van der Waals surface area contributed by atoms with Gasteiger partial charge >= 0.3 is 0 Å². The largest absolute Gasteiger partial charge is 0.326 e. The zero-order chi connectivity index (χ0) is 11.3. The first kappa shape index (κ1) is 13.0. The first-order valence-corrected chi connectivity index (χ1v) is 6.67. The van der Waals surface area contributed by atoms with E-state index in [0.29, 0.717) is 6.54 Å². The number of nitrogens with zero attached hydrogens (tertiary/aromatic N) is 1. The lowest BCUT2D eigenvalue weighted by molar-refractivity contribution is 0.437. The third kappa shape index (κ3) is 4.55. The molecule has 1 aromatic rings. The van der Waals surface area contributed by atoms with Crippen LogP contribution in [0.3, 0.4) is 0 Å². The van der Waals surface area contributed by atoms with Gasteiger partial charge in [-0.3, -0.25) is 0 Å². The number of hydrogen-bond donors (Lipinski definition) is 1. The van der Waals surface area contributed by atoms with Crippen molar-refractivity contribution in [2.75, 3.05) is 26.4 Å². The molecule has 0 atom stereocenters. The first-order chi connectivity index (χ1) is 7.13. The van der Waals surface area contributed by atoms with E-state index < -0.39 is 0 Å². The zero-order valence-corrected chi connectivity index (χ0v) is 11.6. The Labute approximate surface area is 104 Å². The second-order valence-corrected chi connectivity index (χ2v) is 5.61. The predicted octanol–water partition coefficient (Wildman–Crippen LogP) is 2.56. The highest BCUT2D eigenvalue weighted by atomic mass is 79.9.